The van der Waals surface area contributed by atoms with E-state index in [1.165, 1.54) is 7.11 Å². The summed E-state index contributed by atoms with van der Waals surface area (Å²) in [6.07, 6.45) is 0. The van der Waals surface area contributed by atoms with Gasteiger partial charge in [-0.1, -0.05) is 29.3 Å². The smallest absolute Gasteiger partial charge is 0.329 e. The van der Waals surface area contributed by atoms with Crippen molar-refractivity contribution < 1.29 is 4.74 Å². The van der Waals surface area contributed by atoms with E-state index in [2.05, 4.69) is 4.98 Å². The van der Waals surface area contributed by atoms with E-state index in [4.69, 9.17) is 27.9 Å². The Morgan fingerprint density at radius 3 is 2.68 bits per heavy atom. The zero-order chi connectivity index (χ0) is 14.0. The molecule has 0 aliphatic heterocycles. The molecule has 0 aliphatic carbocycles. The minimum atomic E-state index is -0.598. The van der Waals surface area contributed by atoms with Crippen molar-refractivity contribution in [1.82, 2.24) is 9.55 Å². The van der Waals surface area contributed by atoms with Gasteiger partial charge in [-0.3, -0.25) is 14.3 Å². The van der Waals surface area contributed by atoms with Crippen LogP contribution >= 0.6 is 23.2 Å². The lowest BCUT2D eigenvalue weighted by Crippen LogP contribution is -2.34. The molecule has 0 unspecified atom stereocenters. The van der Waals surface area contributed by atoms with Gasteiger partial charge >= 0.3 is 5.69 Å². The van der Waals surface area contributed by atoms with E-state index in [9.17, 15) is 9.59 Å². The average molecular weight is 301 g/mol. The van der Waals surface area contributed by atoms with Crippen LogP contribution in [-0.4, -0.2) is 16.7 Å². The molecule has 0 aliphatic rings. The number of hydrogen-bond acceptors (Lipinski definition) is 3. The summed E-state index contributed by atoms with van der Waals surface area (Å²) in [6.45, 7) is 0.00812. The maximum absolute atomic E-state index is 11.8. The minimum Gasteiger partial charge on any atom is -0.496 e. The van der Waals surface area contributed by atoms with E-state index in [0.717, 1.165) is 10.6 Å². The van der Waals surface area contributed by atoms with Crippen molar-refractivity contribution in [2.45, 2.75) is 6.54 Å². The van der Waals surface area contributed by atoms with Crippen molar-refractivity contribution in [2.75, 3.05) is 7.11 Å². The molecule has 0 amide bonds. The molecule has 0 saturated carbocycles. The number of rotatable bonds is 3. The third-order valence-corrected chi connectivity index (χ3v) is 3.16. The van der Waals surface area contributed by atoms with Gasteiger partial charge in [-0.2, -0.15) is 0 Å². The van der Waals surface area contributed by atoms with Crippen LogP contribution in [-0.2, 0) is 6.54 Å². The molecule has 7 heteroatoms. The predicted octanol–water partition coefficient (Wildman–Crippen LogP) is 1.90. The Labute approximate surface area is 118 Å². The highest BCUT2D eigenvalue weighted by molar-refractivity contribution is 6.31. The first-order valence-electron chi connectivity index (χ1n) is 5.34. The summed E-state index contributed by atoms with van der Waals surface area (Å²) in [5.74, 6) is 0.508. The average Bonchev–Trinajstić information content (AvgIpc) is 2.34. The summed E-state index contributed by atoms with van der Waals surface area (Å²) in [6, 6.07) is 6.22. The van der Waals surface area contributed by atoms with Crippen molar-refractivity contribution in [3.8, 4) is 5.75 Å². The molecule has 1 heterocycles. The van der Waals surface area contributed by atoms with Gasteiger partial charge in [0.1, 0.15) is 10.9 Å². The molecule has 0 bridgehead atoms. The van der Waals surface area contributed by atoms with Gasteiger partial charge in [-0.15, -0.1) is 0 Å². The Kier molecular flexibility index (Phi) is 3.97. The Morgan fingerprint density at radius 1 is 1.32 bits per heavy atom. The second-order valence-corrected chi connectivity index (χ2v) is 4.58. The van der Waals surface area contributed by atoms with E-state index in [1.54, 1.807) is 18.2 Å². The Bertz CT molecular complexity index is 690. The summed E-state index contributed by atoms with van der Waals surface area (Å²) < 4.78 is 6.16. The van der Waals surface area contributed by atoms with Crippen LogP contribution in [0, 0.1) is 0 Å². The molecule has 0 atom stereocenters. The SMILES string of the molecule is COc1cccc(Cl)c1Cn1c(=O)cc(Cl)[nH]c1=O. The third-order valence-electron chi connectivity index (χ3n) is 2.60. The number of halogens is 2. The van der Waals surface area contributed by atoms with Gasteiger partial charge in [-0.05, 0) is 12.1 Å². The lowest BCUT2D eigenvalue weighted by molar-refractivity contribution is 0.407. The largest absolute Gasteiger partial charge is 0.496 e. The van der Waals surface area contributed by atoms with Crippen molar-refractivity contribution in [3.05, 3.63) is 60.8 Å². The molecule has 0 radical (unpaired) electrons. The summed E-state index contributed by atoms with van der Waals surface area (Å²) in [4.78, 5) is 25.8. The van der Waals surface area contributed by atoms with Gasteiger partial charge in [0.2, 0.25) is 0 Å². The van der Waals surface area contributed by atoms with Crippen LogP contribution in [0.15, 0.2) is 33.9 Å². The van der Waals surface area contributed by atoms with E-state index in [0.29, 0.717) is 16.3 Å². The Hall–Kier alpha value is -1.72. The van der Waals surface area contributed by atoms with Crippen LogP contribution in [0.2, 0.25) is 10.2 Å². The molecule has 2 rings (SSSR count). The molecule has 100 valence electrons. The third kappa shape index (κ3) is 2.83. The van der Waals surface area contributed by atoms with Crippen molar-refractivity contribution in [1.29, 1.82) is 0 Å². The number of benzene rings is 1. The highest BCUT2D eigenvalue weighted by Crippen LogP contribution is 2.26. The minimum absolute atomic E-state index is 0.00243. The zero-order valence-corrected chi connectivity index (χ0v) is 11.5. The number of nitrogens with one attached hydrogen (secondary N) is 1. The number of ether oxygens (including phenoxy) is 1. The van der Waals surface area contributed by atoms with Gasteiger partial charge in [0.25, 0.3) is 5.56 Å². The lowest BCUT2D eigenvalue weighted by Gasteiger charge is -2.11. The van der Waals surface area contributed by atoms with Crippen LogP contribution < -0.4 is 16.0 Å². The van der Waals surface area contributed by atoms with Gasteiger partial charge in [-0.25, -0.2) is 4.79 Å². The van der Waals surface area contributed by atoms with Gasteiger partial charge < -0.3 is 4.74 Å². The number of hydrogen-bond donors (Lipinski definition) is 1. The lowest BCUT2D eigenvalue weighted by atomic mass is 10.2. The standard InChI is InChI=1S/C12H10Cl2N2O3/c1-19-9-4-2-3-8(13)7(9)6-16-11(17)5-10(14)15-12(16)18/h2-5H,6H2,1H3,(H,15,18). The monoisotopic (exact) mass is 300 g/mol. The molecule has 0 saturated heterocycles. The number of methoxy groups -OCH3 is 1. The summed E-state index contributed by atoms with van der Waals surface area (Å²) in [5.41, 5.74) is -0.545. The number of aromatic nitrogens is 2. The molecule has 2 aromatic rings. The fourth-order valence-corrected chi connectivity index (χ4v) is 2.08. The molecule has 1 aromatic carbocycles. The molecule has 5 nitrogen and oxygen atoms in total. The highest BCUT2D eigenvalue weighted by atomic mass is 35.5. The van der Waals surface area contributed by atoms with E-state index < -0.39 is 11.2 Å². The quantitative estimate of drug-likeness (QED) is 0.881. The molecule has 19 heavy (non-hydrogen) atoms. The summed E-state index contributed by atoms with van der Waals surface area (Å²) in [7, 11) is 1.49. The van der Waals surface area contributed by atoms with Crippen LogP contribution in [0.1, 0.15) is 5.56 Å². The summed E-state index contributed by atoms with van der Waals surface area (Å²) in [5, 5.41) is 0.415. The first-order chi connectivity index (χ1) is 9.02. The maximum atomic E-state index is 11.8. The fraction of sp³-hybridized carbons (Fsp3) is 0.167. The normalized spacial score (nSPS) is 10.5. The van der Waals surface area contributed by atoms with Crippen molar-refractivity contribution in [3.63, 3.8) is 0 Å². The van der Waals surface area contributed by atoms with E-state index in [1.807, 2.05) is 0 Å². The molecule has 1 aromatic heterocycles. The summed E-state index contributed by atoms with van der Waals surface area (Å²) >= 11 is 11.7. The van der Waals surface area contributed by atoms with Crippen LogP contribution in [0.25, 0.3) is 0 Å². The fourth-order valence-electron chi connectivity index (χ4n) is 1.68. The first-order valence-corrected chi connectivity index (χ1v) is 6.09. The molecule has 0 fully saturated rings. The topological polar surface area (TPSA) is 64.1 Å². The zero-order valence-electron chi connectivity index (χ0n) is 9.94. The molecule has 1 N–H and O–H groups in total. The Balaban J connectivity index is 2.54. The van der Waals surface area contributed by atoms with Crippen molar-refractivity contribution in [2.24, 2.45) is 0 Å². The molecule has 0 spiro atoms. The van der Waals surface area contributed by atoms with E-state index >= 15 is 0 Å². The maximum Gasteiger partial charge on any atom is 0.329 e. The molecular formula is C12H10Cl2N2O3. The Morgan fingerprint density at radius 2 is 2.05 bits per heavy atom. The van der Waals surface area contributed by atoms with Crippen LogP contribution in [0.4, 0.5) is 0 Å². The predicted molar refractivity (Wildman–Crippen MR) is 73.4 cm³/mol. The van der Waals surface area contributed by atoms with Gasteiger partial charge in [0.05, 0.1) is 13.7 Å². The first kappa shape index (κ1) is 13.7. The number of nitrogens with zero attached hydrogens (tertiary/aromatic N) is 1. The van der Waals surface area contributed by atoms with Crippen LogP contribution in [0.5, 0.6) is 5.75 Å². The van der Waals surface area contributed by atoms with Gasteiger partial charge in [0, 0.05) is 16.7 Å². The van der Waals surface area contributed by atoms with Crippen LogP contribution in [0.3, 0.4) is 0 Å². The second kappa shape index (κ2) is 5.50. The van der Waals surface area contributed by atoms with E-state index in [-0.39, 0.29) is 11.7 Å². The highest BCUT2D eigenvalue weighted by Gasteiger charge is 2.11. The second-order valence-electron chi connectivity index (χ2n) is 3.77. The molecular weight excluding hydrogens is 291 g/mol. The number of aromatic amines is 1. The van der Waals surface area contributed by atoms with Crippen molar-refractivity contribution >= 4 is 23.2 Å². The van der Waals surface area contributed by atoms with Gasteiger partial charge in [0.15, 0.2) is 0 Å². The number of H-pyrrole nitrogens is 1.